The van der Waals surface area contributed by atoms with Gasteiger partial charge in [0.25, 0.3) is 0 Å². The predicted octanol–water partition coefficient (Wildman–Crippen LogP) is 2.18. The molecular weight excluding hydrogens is 136 g/mol. The van der Waals surface area contributed by atoms with Crippen molar-refractivity contribution in [2.75, 3.05) is 0 Å². The summed E-state index contributed by atoms with van der Waals surface area (Å²) in [6.07, 6.45) is 9.07. The Bertz CT molecular complexity index is 207. The van der Waals surface area contributed by atoms with E-state index in [0.717, 1.165) is 12.8 Å². The molecule has 0 amide bonds. The highest BCUT2D eigenvalue weighted by Crippen LogP contribution is 2.52. The summed E-state index contributed by atoms with van der Waals surface area (Å²) >= 11 is 0. The Morgan fingerprint density at radius 3 is 2.73 bits per heavy atom. The van der Waals surface area contributed by atoms with Crippen LogP contribution in [0.5, 0.6) is 0 Å². The summed E-state index contributed by atoms with van der Waals surface area (Å²) in [6.45, 7) is 2.13. The lowest BCUT2D eigenvalue weighted by Crippen LogP contribution is -2.26. The molecule has 0 spiro atoms. The van der Waals surface area contributed by atoms with Gasteiger partial charge in [-0.1, -0.05) is 19.1 Å². The second kappa shape index (κ2) is 2.20. The third-order valence-electron chi connectivity index (χ3n) is 3.45. The fourth-order valence-corrected chi connectivity index (χ4v) is 2.62. The number of allylic oxidation sites excluding steroid dienone is 2. The molecule has 3 atom stereocenters. The fraction of sp³-hybridized carbons (Fsp3) is 0.700. The quantitative estimate of drug-likeness (QED) is 0.435. The number of rotatable bonds is 2. The minimum Gasteiger partial charge on any atom is -0.303 e. The molecule has 1 saturated carbocycles. The van der Waals surface area contributed by atoms with Crippen LogP contribution in [0.2, 0.25) is 0 Å². The van der Waals surface area contributed by atoms with E-state index in [-0.39, 0.29) is 5.41 Å². The van der Waals surface area contributed by atoms with Crippen LogP contribution in [0.3, 0.4) is 0 Å². The minimum absolute atomic E-state index is 0.0272. The minimum atomic E-state index is 0.0272. The van der Waals surface area contributed by atoms with Crippen molar-refractivity contribution < 1.29 is 4.79 Å². The third kappa shape index (κ3) is 0.800. The first-order chi connectivity index (χ1) is 5.30. The van der Waals surface area contributed by atoms with Crippen LogP contribution in [0.4, 0.5) is 0 Å². The van der Waals surface area contributed by atoms with E-state index in [1.807, 2.05) is 0 Å². The smallest absolute Gasteiger partial charge is 0.126 e. The van der Waals surface area contributed by atoms with Gasteiger partial charge in [-0.15, -0.1) is 0 Å². The average Bonchev–Trinajstić information content (AvgIpc) is 2.62. The van der Waals surface area contributed by atoms with Crippen LogP contribution in [0.1, 0.15) is 26.2 Å². The lowest BCUT2D eigenvalue weighted by Gasteiger charge is -2.27. The van der Waals surface area contributed by atoms with Gasteiger partial charge in [0, 0.05) is 5.41 Å². The van der Waals surface area contributed by atoms with E-state index in [9.17, 15) is 4.79 Å². The van der Waals surface area contributed by atoms with Crippen molar-refractivity contribution in [2.24, 2.45) is 17.3 Å². The number of aldehydes is 1. The standard InChI is InChI=1S/C10H14O/c1-2-10(7-11)6-8-3-4-9(10)5-8/h3-4,7-9H,2,5-6H2,1H3/t8-,9+,10+/m1/s1. The molecule has 0 aromatic carbocycles. The maximum atomic E-state index is 10.9. The lowest BCUT2D eigenvalue weighted by molar-refractivity contribution is -0.117. The molecule has 0 N–H and O–H groups in total. The number of carbonyl (C=O) groups excluding carboxylic acids is 1. The topological polar surface area (TPSA) is 17.1 Å². The van der Waals surface area contributed by atoms with Crippen LogP contribution in [-0.2, 0) is 4.79 Å². The van der Waals surface area contributed by atoms with Gasteiger partial charge in [-0.2, -0.15) is 0 Å². The number of fused-ring (bicyclic) bond motifs is 2. The third-order valence-corrected chi connectivity index (χ3v) is 3.45. The summed E-state index contributed by atoms with van der Waals surface area (Å²) in [7, 11) is 0. The van der Waals surface area contributed by atoms with E-state index in [1.54, 1.807) is 0 Å². The molecule has 0 saturated heterocycles. The van der Waals surface area contributed by atoms with Gasteiger partial charge >= 0.3 is 0 Å². The van der Waals surface area contributed by atoms with E-state index in [0.29, 0.717) is 11.8 Å². The second-order valence-electron chi connectivity index (χ2n) is 3.90. The van der Waals surface area contributed by atoms with Crippen LogP contribution in [0.25, 0.3) is 0 Å². The molecule has 60 valence electrons. The molecule has 11 heavy (non-hydrogen) atoms. The van der Waals surface area contributed by atoms with E-state index >= 15 is 0 Å². The Morgan fingerprint density at radius 1 is 1.64 bits per heavy atom. The summed E-state index contributed by atoms with van der Waals surface area (Å²) in [5.41, 5.74) is 0.0272. The molecule has 2 rings (SSSR count). The Morgan fingerprint density at radius 2 is 2.45 bits per heavy atom. The highest BCUT2D eigenvalue weighted by atomic mass is 16.1. The predicted molar refractivity (Wildman–Crippen MR) is 44.1 cm³/mol. The van der Waals surface area contributed by atoms with Gasteiger partial charge < -0.3 is 4.79 Å². The average molecular weight is 150 g/mol. The van der Waals surface area contributed by atoms with Gasteiger partial charge in [-0.25, -0.2) is 0 Å². The molecule has 1 nitrogen and oxygen atoms in total. The van der Waals surface area contributed by atoms with Crippen LogP contribution in [0, 0.1) is 17.3 Å². The first-order valence-corrected chi connectivity index (χ1v) is 4.45. The number of carbonyl (C=O) groups is 1. The van der Waals surface area contributed by atoms with Crippen LogP contribution >= 0.6 is 0 Å². The normalized spacial score (nSPS) is 46.6. The van der Waals surface area contributed by atoms with Gasteiger partial charge in [0.15, 0.2) is 0 Å². The molecule has 0 unspecified atom stereocenters. The second-order valence-corrected chi connectivity index (χ2v) is 3.90. The summed E-state index contributed by atoms with van der Waals surface area (Å²) in [6, 6.07) is 0. The van der Waals surface area contributed by atoms with Gasteiger partial charge in [-0.05, 0) is 31.1 Å². The summed E-state index contributed by atoms with van der Waals surface area (Å²) in [5, 5.41) is 0. The fourth-order valence-electron chi connectivity index (χ4n) is 2.62. The molecule has 0 radical (unpaired) electrons. The maximum Gasteiger partial charge on any atom is 0.126 e. The molecule has 2 bridgehead atoms. The zero-order chi connectivity index (χ0) is 7.90. The maximum absolute atomic E-state index is 10.9. The molecule has 1 heteroatoms. The molecular formula is C10H14O. The number of hydrogen-bond donors (Lipinski definition) is 0. The molecule has 2 aliphatic rings. The van der Waals surface area contributed by atoms with Gasteiger partial charge in [0.05, 0.1) is 0 Å². The van der Waals surface area contributed by atoms with Crippen molar-refractivity contribution in [2.45, 2.75) is 26.2 Å². The Hall–Kier alpha value is -0.590. The van der Waals surface area contributed by atoms with E-state index in [2.05, 4.69) is 19.1 Å². The zero-order valence-corrected chi connectivity index (χ0v) is 6.92. The summed E-state index contributed by atoms with van der Waals surface area (Å²) in [4.78, 5) is 10.9. The molecule has 0 aliphatic heterocycles. The van der Waals surface area contributed by atoms with E-state index in [4.69, 9.17) is 0 Å². The first-order valence-electron chi connectivity index (χ1n) is 4.45. The van der Waals surface area contributed by atoms with E-state index < -0.39 is 0 Å². The Kier molecular flexibility index (Phi) is 1.41. The monoisotopic (exact) mass is 150 g/mol. The van der Waals surface area contributed by atoms with E-state index in [1.165, 1.54) is 12.7 Å². The SMILES string of the molecule is CC[C@@]1(C=O)C[C@@H]2C=C[C@H]1C2. The number of hydrogen-bond acceptors (Lipinski definition) is 1. The van der Waals surface area contributed by atoms with Crippen molar-refractivity contribution in [3.63, 3.8) is 0 Å². The summed E-state index contributed by atoms with van der Waals surface area (Å²) in [5.74, 6) is 1.28. The summed E-state index contributed by atoms with van der Waals surface area (Å²) < 4.78 is 0. The lowest BCUT2D eigenvalue weighted by atomic mass is 9.75. The van der Waals surface area contributed by atoms with Gasteiger partial charge in [0.1, 0.15) is 6.29 Å². The molecule has 0 aromatic heterocycles. The first kappa shape index (κ1) is 7.08. The molecule has 0 heterocycles. The molecule has 2 aliphatic carbocycles. The Labute approximate surface area is 67.5 Å². The van der Waals surface area contributed by atoms with Crippen molar-refractivity contribution in [1.29, 1.82) is 0 Å². The van der Waals surface area contributed by atoms with Crippen LogP contribution in [0.15, 0.2) is 12.2 Å². The Balaban J connectivity index is 2.28. The van der Waals surface area contributed by atoms with Crippen molar-refractivity contribution in [3.05, 3.63) is 12.2 Å². The molecule has 1 fully saturated rings. The highest BCUT2D eigenvalue weighted by molar-refractivity contribution is 5.62. The highest BCUT2D eigenvalue weighted by Gasteiger charge is 2.46. The van der Waals surface area contributed by atoms with Crippen LogP contribution < -0.4 is 0 Å². The largest absolute Gasteiger partial charge is 0.303 e. The van der Waals surface area contributed by atoms with Crippen molar-refractivity contribution in [1.82, 2.24) is 0 Å². The van der Waals surface area contributed by atoms with Crippen molar-refractivity contribution >= 4 is 6.29 Å². The molecule has 0 aromatic rings. The van der Waals surface area contributed by atoms with Crippen LogP contribution in [-0.4, -0.2) is 6.29 Å². The van der Waals surface area contributed by atoms with Crippen molar-refractivity contribution in [3.8, 4) is 0 Å². The van der Waals surface area contributed by atoms with Gasteiger partial charge in [-0.3, -0.25) is 0 Å². The zero-order valence-electron chi connectivity index (χ0n) is 6.92. The van der Waals surface area contributed by atoms with Gasteiger partial charge in [0.2, 0.25) is 0 Å².